The van der Waals surface area contributed by atoms with Crippen LogP contribution in [0.3, 0.4) is 0 Å². The zero-order valence-corrected chi connectivity index (χ0v) is 15.0. The van der Waals surface area contributed by atoms with E-state index in [1.165, 1.54) is 0 Å². The van der Waals surface area contributed by atoms with Gasteiger partial charge in [-0.1, -0.05) is 36.4 Å². The van der Waals surface area contributed by atoms with E-state index >= 15 is 0 Å². The summed E-state index contributed by atoms with van der Waals surface area (Å²) in [4.78, 5) is 11.7. The number of rotatable bonds is 6. The Hall–Kier alpha value is -2.53. The number of benzene rings is 2. The maximum atomic E-state index is 11.7. The largest absolute Gasteiger partial charge is 0.492 e. The van der Waals surface area contributed by atoms with Crippen molar-refractivity contribution in [2.75, 3.05) is 13.2 Å². The molecule has 0 spiro atoms. The normalized spacial score (nSPS) is 11.0. The van der Waals surface area contributed by atoms with Gasteiger partial charge in [0.1, 0.15) is 18.0 Å². The number of carbonyl (C=O) groups excluding carboxylic acids is 1. The average Bonchev–Trinajstić information content (AvgIpc) is 2.57. The van der Waals surface area contributed by atoms with Crippen LogP contribution in [0.5, 0.6) is 5.75 Å². The van der Waals surface area contributed by atoms with Crippen LogP contribution in [0, 0.1) is 0 Å². The SMILES string of the molecule is CC(C)(C)OC(=O)NCc1ccc(-c2cccc(OCCN)c2)cc1. The van der Waals surface area contributed by atoms with Crippen LogP contribution >= 0.6 is 0 Å². The van der Waals surface area contributed by atoms with Gasteiger partial charge >= 0.3 is 6.09 Å². The molecule has 0 fully saturated rings. The second-order valence-corrected chi connectivity index (χ2v) is 6.72. The fourth-order valence-corrected chi connectivity index (χ4v) is 2.25. The van der Waals surface area contributed by atoms with Gasteiger partial charge in [-0.3, -0.25) is 0 Å². The first-order valence-corrected chi connectivity index (χ1v) is 8.36. The minimum absolute atomic E-state index is 0.415. The predicted molar refractivity (Wildman–Crippen MR) is 99.5 cm³/mol. The molecule has 0 aromatic heterocycles. The fraction of sp³-hybridized carbons (Fsp3) is 0.350. The molecule has 1 amide bonds. The molecule has 0 saturated carbocycles. The number of ether oxygens (including phenoxy) is 2. The van der Waals surface area contributed by atoms with Crippen molar-refractivity contribution in [2.24, 2.45) is 5.73 Å². The molecule has 5 nitrogen and oxygen atoms in total. The van der Waals surface area contributed by atoms with Crippen LogP contribution in [-0.4, -0.2) is 24.8 Å². The standard InChI is InChI=1S/C20H26N2O3/c1-20(2,3)25-19(23)22-14-15-7-9-16(10-8-15)17-5-4-6-18(13-17)24-12-11-21/h4-10,13H,11-12,14,21H2,1-3H3,(H,22,23). The molecule has 3 N–H and O–H groups in total. The Morgan fingerprint density at radius 2 is 1.80 bits per heavy atom. The van der Waals surface area contributed by atoms with Crippen molar-refractivity contribution >= 4 is 6.09 Å². The third kappa shape index (κ3) is 6.47. The molecular weight excluding hydrogens is 316 g/mol. The highest BCUT2D eigenvalue weighted by Crippen LogP contribution is 2.24. The highest BCUT2D eigenvalue weighted by molar-refractivity contribution is 5.68. The van der Waals surface area contributed by atoms with E-state index in [2.05, 4.69) is 5.32 Å². The Labute approximate surface area is 149 Å². The first-order chi connectivity index (χ1) is 11.9. The van der Waals surface area contributed by atoms with E-state index in [0.29, 0.717) is 19.7 Å². The van der Waals surface area contributed by atoms with Gasteiger partial charge in [0.25, 0.3) is 0 Å². The summed E-state index contributed by atoms with van der Waals surface area (Å²) in [5, 5.41) is 2.75. The van der Waals surface area contributed by atoms with Crippen molar-refractivity contribution in [3.8, 4) is 16.9 Å². The summed E-state index contributed by atoms with van der Waals surface area (Å²) in [6.45, 7) is 6.93. The number of hydrogen-bond acceptors (Lipinski definition) is 4. The van der Waals surface area contributed by atoms with E-state index in [9.17, 15) is 4.79 Å². The first-order valence-electron chi connectivity index (χ1n) is 8.36. The lowest BCUT2D eigenvalue weighted by Gasteiger charge is -2.19. The lowest BCUT2D eigenvalue weighted by Crippen LogP contribution is -2.32. The Bertz CT molecular complexity index is 691. The number of nitrogens with two attached hydrogens (primary N) is 1. The Morgan fingerprint density at radius 3 is 2.44 bits per heavy atom. The second-order valence-electron chi connectivity index (χ2n) is 6.72. The van der Waals surface area contributed by atoms with Gasteiger partial charge < -0.3 is 20.5 Å². The highest BCUT2D eigenvalue weighted by Gasteiger charge is 2.15. The number of amides is 1. The summed E-state index contributed by atoms with van der Waals surface area (Å²) >= 11 is 0. The van der Waals surface area contributed by atoms with Gasteiger partial charge in [-0.2, -0.15) is 0 Å². The van der Waals surface area contributed by atoms with Crippen LogP contribution < -0.4 is 15.8 Å². The summed E-state index contributed by atoms with van der Waals surface area (Å²) in [6.07, 6.45) is -0.415. The summed E-state index contributed by atoms with van der Waals surface area (Å²) in [5.74, 6) is 0.804. The van der Waals surface area contributed by atoms with Gasteiger partial charge in [-0.15, -0.1) is 0 Å². The maximum absolute atomic E-state index is 11.7. The number of carbonyl (C=O) groups is 1. The number of nitrogens with one attached hydrogen (secondary N) is 1. The molecule has 0 bridgehead atoms. The Morgan fingerprint density at radius 1 is 1.08 bits per heavy atom. The molecule has 0 radical (unpaired) electrons. The van der Waals surface area contributed by atoms with E-state index < -0.39 is 11.7 Å². The molecule has 2 rings (SSSR count). The van der Waals surface area contributed by atoms with E-state index in [1.54, 1.807) is 0 Å². The molecule has 5 heteroatoms. The highest BCUT2D eigenvalue weighted by atomic mass is 16.6. The van der Waals surface area contributed by atoms with Gasteiger partial charge in [0.05, 0.1) is 0 Å². The van der Waals surface area contributed by atoms with Crippen LogP contribution in [0.15, 0.2) is 48.5 Å². The minimum Gasteiger partial charge on any atom is -0.492 e. The maximum Gasteiger partial charge on any atom is 0.407 e. The van der Waals surface area contributed by atoms with Crippen LogP contribution in [-0.2, 0) is 11.3 Å². The molecule has 0 aliphatic heterocycles. The summed E-state index contributed by atoms with van der Waals surface area (Å²) in [5.41, 5.74) is 8.12. The summed E-state index contributed by atoms with van der Waals surface area (Å²) in [7, 11) is 0. The smallest absolute Gasteiger partial charge is 0.407 e. The van der Waals surface area contributed by atoms with Crippen LogP contribution in [0.2, 0.25) is 0 Å². The second kappa shape index (κ2) is 8.53. The van der Waals surface area contributed by atoms with Crippen LogP contribution in [0.25, 0.3) is 11.1 Å². The number of alkyl carbamates (subject to hydrolysis) is 1. The molecular formula is C20H26N2O3. The molecule has 2 aromatic carbocycles. The van der Waals surface area contributed by atoms with Crippen molar-refractivity contribution < 1.29 is 14.3 Å². The van der Waals surface area contributed by atoms with Crippen molar-refractivity contribution in [2.45, 2.75) is 32.9 Å². The molecule has 0 aliphatic rings. The first kappa shape index (κ1) is 18.8. The van der Waals surface area contributed by atoms with Gasteiger partial charge in [0.2, 0.25) is 0 Å². The number of hydrogen-bond donors (Lipinski definition) is 2. The monoisotopic (exact) mass is 342 g/mol. The summed E-state index contributed by atoms with van der Waals surface area (Å²) < 4.78 is 10.8. The minimum atomic E-state index is -0.495. The van der Waals surface area contributed by atoms with Gasteiger partial charge in [0, 0.05) is 13.1 Å². The molecule has 0 saturated heterocycles. The van der Waals surface area contributed by atoms with E-state index in [4.69, 9.17) is 15.2 Å². The van der Waals surface area contributed by atoms with Gasteiger partial charge in [-0.25, -0.2) is 4.79 Å². The average molecular weight is 342 g/mol. The zero-order chi connectivity index (χ0) is 18.3. The lowest BCUT2D eigenvalue weighted by molar-refractivity contribution is 0.0523. The molecule has 0 unspecified atom stereocenters. The molecule has 0 heterocycles. The quantitative estimate of drug-likeness (QED) is 0.839. The van der Waals surface area contributed by atoms with Crippen molar-refractivity contribution in [1.29, 1.82) is 0 Å². The third-order valence-corrected chi connectivity index (χ3v) is 3.34. The molecule has 2 aromatic rings. The van der Waals surface area contributed by atoms with Crippen LogP contribution in [0.4, 0.5) is 4.79 Å². The van der Waals surface area contributed by atoms with E-state index in [1.807, 2.05) is 69.3 Å². The molecule has 25 heavy (non-hydrogen) atoms. The van der Waals surface area contributed by atoms with Gasteiger partial charge in [0.15, 0.2) is 0 Å². The van der Waals surface area contributed by atoms with Crippen molar-refractivity contribution in [1.82, 2.24) is 5.32 Å². The van der Waals surface area contributed by atoms with Crippen molar-refractivity contribution in [3.63, 3.8) is 0 Å². The van der Waals surface area contributed by atoms with E-state index in [0.717, 1.165) is 22.4 Å². The van der Waals surface area contributed by atoms with E-state index in [-0.39, 0.29) is 0 Å². The Kier molecular flexibility index (Phi) is 6.42. The molecule has 0 atom stereocenters. The van der Waals surface area contributed by atoms with Crippen molar-refractivity contribution in [3.05, 3.63) is 54.1 Å². The topological polar surface area (TPSA) is 73.6 Å². The zero-order valence-electron chi connectivity index (χ0n) is 15.0. The predicted octanol–water partition coefficient (Wildman–Crippen LogP) is 3.72. The van der Waals surface area contributed by atoms with Crippen LogP contribution in [0.1, 0.15) is 26.3 Å². The fourth-order valence-electron chi connectivity index (χ4n) is 2.25. The Balaban J connectivity index is 1.97. The molecule has 0 aliphatic carbocycles. The third-order valence-electron chi connectivity index (χ3n) is 3.34. The summed E-state index contributed by atoms with van der Waals surface area (Å²) in [6, 6.07) is 15.9. The molecule has 134 valence electrons. The van der Waals surface area contributed by atoms with Gasteiger partial charge in [-0.05, 0) is 49.6 Å². The lowest BCUT2D eigenvalue weighted by atomic mass is 10.0.